The zero-order chi connectivity index (χ0) is 8.10. The molecule has 0 heterocycles. The van der Waals surface area contributed by atoms with Crippen LogP contribution in [0.4, 0.5) is 0 Å². The summed E-state index contributed by atoms with van der Waals surface area (Å²) in [6.07, 6.45) is 3.26. The van der Waals surface area contributed by atoms with Crippen LogP contribution in [0.3, 0.4) is 0 Å². The van der Waals surface area contributed by atoms with E-state index in [4.69, 9.17) is 0 Å². The van der Waals surface area contributed by atoms with Crippen LogP contribution in [0.25, 0.3) is 0 Å². The minimum atomic E-state index is 0.327. The van der Waals surface area contributed by atoms with E-state index in [-0.39, 0.29) is 0 Å². The van der Waals surface area contributed by atoms with E-state index in [1.165, 1.54) is 0 Å². The first kappa shape index (κ1) is 8.24. The largest absolute Gasteiger partial charge is 0.310 e. The van der Waals surface area contributed by atoms with Gasteiger partial charge in [-0.1, -0.05) is 0 Å². The van der Waals surface area contributed by atoms with Gasteiger partial charge in [-0.25, -0.2) is 0 Å². The van der Waals surface area contributed by atoms with Crippen LogP contribution in [-0.2, 0) is 4.79 Å². The minimum absolute atomic E-state index is 0.327. The van der Waals surface area contributed by atoms with Crippen molar-refractivity contribution in [2.75, 3.05) is 6.54 Å². The van der Waals surface area contributed by atoms with Gasteiger partial charge in [0.05, 0.1) is 0 Å². The fourth-order valence-corrected chi connectivity index (χ4v) is 1.18. The Balaban J connectivity index is 2.38. The van der Waals surface area contributed by atoms with Crippen molar-refractivity contribution in [2.45, 2.75) is 32.6 Å². The molecule has 0 aromatic rings. The summed E-state index contributed by atoms with van der Waals surface area (Å²) in [4.78, 5) is 10.9. The SMILES string of the molecule is CCN/N=C1/CCCC(=O)C1. The van der Waals surface area contributed by atoms with Crippen LogP contribution < -0.4 is 5.43 Å². The quantitative estimate of drug-likeness (QED) is 0.605. The van der Waals surface area contributed by atoms with Crippen molar-refractivity contribution >= 4 is 11.5 Å². The fraction of sp³-hybridized carbons (Fsp3) is 0.750. The van der Waals surface area contributed by atoms with Crippen LogP contribution in [0.5, 0.6) is 0 Å². The maximum Gasteiger partial charge on any atom is 0.138 e. The van der Waals surface area contributed by atoms with E-state index in [0.29, 0.717) is 12.2 Å². The van der Waals surface area contributed by atoms with Crippen LogP contribution in [0.2, 0.25) is 0 Å². The van der Waals surface area contributed by atoms with Crippen LogP contribution in [0.1, 0.15) is 32.6 Å². The molecule has 1 N–H and O–H groups in total. The first-order valence-electron chi connectivity index (χ1n) is 4.13. The van der Waals surface area contributed by atoms with Crippen molar-refractivity contribution in [1.29, 1.82) is 0 Å². The molecule has 0 atom stereocenters. The second kappa shape index (κ2) is 4.11. The summed E-state index contributed by atoms with van der Waals surface area (Å²) in [7, 11) is 0. The lowest BCUT2D eigenvalue weighted by Crippen LogP contribution is -2.18. The molecule has 0 amide bonds. The molecule has 3 nitrogen and oxygen atoms in total. The highest BCUT2D eigenvalue weighted by molar-refractivity contribution is 6.03. The first-order chi connectivity index (χ1) is 5.33. The fourth-order valence-electron chi connectivity index (χ4n) is 1.18. The molecule has 1 rings (SSSR count). The average molecular weight is 154 g/mol. The zero-order valence-corrected chi connectivity index (χ0v) is 6.89. The number of rotatable bonds is 2. The van der Waals surface area contributed by atoms with Crippen LogP contribution >= 0.6 is 0 Å². The highest BCUT2D eigenvalue weighted by atomic mass is 16.1. The molecular weight excluding hydrogens is 140 g/mol. The Hall–Kier alpha value is -0.860. The summed E-state index contributed by atoms with van der Waals surface area (Å²) >= 11 is 0. The Labute approximate surface area is 66.9 Å². The minimum Gasteiger partial charge on any atom is -0.310 e. The lowest BCUT2D eigenvalue weighted by atomic mass is 9.97. The molecule has 0 aromatic heterocycles. The van der Waals surface area contributed by atoms with E-state index in [1.54, 1.807) is 0 Å². The summed E-state index contributed by atoms with van der Waals surface area (Å²) in [5.41, 5.74) is 3.89. The third-order valence-corrected chi connectivity index (χ3v) is 1.72. The normalized spacial score (nSPS) is 22.3. The molecule has 1 aliphatic carbocycles. The van der Waals surface area contributed by atoms with E-state index in [2.05, 4.69) is 10.5 Å². The number of hydrogen-bond donors (Lipinski definition) is 1. The van der Waals surface area contributed by atoms with Gasteiger partial charge in [-0.05, 0) is 19.8 Å². The summed E-state index contributed by atoms with van der Waals surface area (Å²) in [6.45, 7) is 2.83. The summed E-state index contributed by atoms with van der Waals surface area (Å²) < 4.78 is 0. The van der Waals surface area contributed by atoms with Crippen molar-refractivity contribution in [3.05, 3.63) is 0 Å². The molecule has 0 aromatic carbocycles. The van der Waals surface area contributed by atoms with E-state index >= 15 is 0 Å². The van der Waals surface area contributed by atoms with Gasteiger partial charge in [-0.3, -0.25) is 4.79 Å². The van der Waals surface area contributed by atoms with Crippen molar-refractivity contribution in [1.82, 2.24) is 5.43 Å². The standard InChI is InChI=1S/C8H14N2O/c1-2-9-10-7-4-3-5-8(11)6-7/h9H,2-6H2,1H3/b10-7-. The smallest absolute Gasteiger partial charge is 0.138 e. The average Bonchev–Trinajstić information content (AvgIpc) is 2.01. The molecule has 0 bridgehead atoms. The maximum atomic E-state index is 10.9. The number of hydrazone groups is 1. The topological polar surface area (TPSA) is 41.5 Å². The Bertz CT molecular complexity index is 175. The monoisotopic (exact) mass is 154 g/mol. The molecule has 0 aliphatic heterocycles. The van der Waals surface area contributed by atoms with Gasteiger partial charge in [-0.15, -0.1) is 0 Å². The van der Waals surface area contributed by atoms with Gasteiger partial charge in [0.2, 0.25) is 0 Å². The number of nitrogens with one attached hydrogen (secondary N) is 1. The van der Waals surface area contributed by atoms with Gasteiger partial charge in [0.25, 0.3) is 0 Å². The second-order valence-electron chi connectivity index (χ2n) is 2.76. The molecular formula is C8H14N2O. The number of carbonyl (C=O) groups is 1. The van der Waals surface area contributed by atoms with Crippen LogP contribution in [0.15, 0.2) is 5.10 Å². The van der Waals surface area contributed by atoms with Gasteiger partial charge in [0.15, 0.2) is 0 Å². The van der Waals surface area contributed by atoms with Gasteiger partial charge < -0.3 is 5.43 Å². The van der Waals surface area contributed by atoms with Gasteiger partial charge in [0.1, 0.15) is 5.78 Å². The lowest BCUT2D eigenvalue weighted by molar-refractivity contribution is -0.118. The van der Waals surface area contributed by atoms with Gasteiger partial charge in [0, 0.05) is 25.1 Å². The predicted octanol–water partition coefficient (Wildman–Crippen LogP) is 1.09. The Morgan fingerprint density at radius 2 is 2.36 bits per heavy atom. The van der Waals surface area contributed by atoms with Crippen LogP contribution in [-0.4, -0.2) is 18.0 Å². The molecule has 11 heavy (non-hydrogen) atoms. The predicted molar refractivity (Wildman–Crippen MR) is 44.6 cm³/mol. The van der Waals surface area contributed by atoms with Crippen molar-refractivity contribution in [3.8, 4) is 0 Å². The number of carbonyl (C=O) groups excluding carboxylic acids is 1. The zero-order valence-electron chi connectivity index (χ0n) is 6.89. The second-order valence-corrected chi connectivity index (χ2v) is 2.76. The molecule has 62 valence electrons. The van der Waals surface area contributed by atoms with E-state index in [9.17, 15) is 4.79 Å². The van der Waals surface area contributed by atoms with Crippen molar-refractivity contribution in [2.24, 2.45) is 5.10 Å². The Kier molecular flexibility index (Phi) is 3.08. The molecule has 1 fully saturated rings. The number of ketones is 1. The molecule has 1 saturated carbocycles. The molecule has 3 heteroatoms. The molecule has 0 saturated heterocycles. The maximum absolute atomic E-state index is 10.9. The molecule has 1 aliphatic rings. The number of nitrogens with zero attached hydrogens (tertiary/aromatic N) is 1. The van der Waals surface area contributed by atoms with Crippen molar-refractivity contribution < 1.29 is 4.79 Å². The van der Waals surface area contributed by atoms with Gasteiger partial charge >= 0.3 is 0 Å². The summed E-state index contributed by atoms with van der Waals surface area (Å²) in [6, 6.07) is 0. The molecule has 0 spiro atoms. The van der Waals surface area contributed by atoms with E-state index < -0.39 is 0 Å². The number of hydrogen-bond acceptors (Lipinski definition) is 3. The highest BCUT2D eigenvalue weighted by Gasteiger charge is 2.13. The Morgan fingerprint density at radius 1 is 1.55 bits per heavy atom. The highest BCUT2D eigenvalue weighted by Crippen LogP contribution is 2.10. The third-order valence-electron chi connectivity index (χ3n) is 1.72. The van der Waals surface area contributed by atoms with E-state index in [0.717, 1.165) is 31.5 Å². The molecule has 0 radical (unpaired) electrons. The van der Waals surface area contributed by atoms with Gasteiger partial charge in [-0.2, -0.15) is 5.10 Å². The number of Topliss-reactive ketones (excluding diaryl/α,β-unsaturated/α-hetero) is 1. The Morgan fingerprint density at radius 3 is 3.00 bits per heavy atom. The summed E-state index contributed by atoms with van der Waals surface area (Å²) in [5, 5.41) is 4.10. The first-order valence-corrected chi connectivity index (χ1v) is 4.13. The third kappa shape index (κ3) is 2.70. The summed E-state index contributed by atoms with van der Waals surface area (Å²) in [5.74, 6) is 0.327. The molecule has 0 unspecified atom stereocenters. The van der Waals surface area contributed by atoms with Crippen LogP contribution in [0, 0.1) is 0 Å². The van der Waals surface area contributed by atoms with E-state index in [1.807, 2.05) is 6.92 Å². The lowest BCUT2D eigenvalue weighted by Gasteiger charge is -2.10. The van der Waals surface area contributed by atoms with Crippen molar-refractivity contribution in [3.63, 3.8) is 0 Å².